The van der Waals surface area contributed by atoms with E-state index in [4.69, 9.17) is 4.74 Å². The molecule has 21 heavy (non-hydrogen) atoms. The summed E-state index contributed by atoms with van der Waals surface area (Å²) in [7, 11) is 2.65. The molecule has 6 heteroatoms. The van der Waals surface area contributed by atoms with Gasteiger partial charge in [0.2, 0.25) is 0 Å². The molecule has 0 bridgehead atoms. The second-order valence-electron chi connectivity index (χ2n) is 4.50. The van der Waals surface area contributed by atoms with Gasteiger partial charge in [0.15, 0.2) is 5.69 Å². The largest absolute Gasteiger partial charge is 0.465 e. The highest BCUT2D eigenvalue weighted by Gasteiger charge is 2.16. The third kappa shape index (κ3) is 3.10. The third-order valence-corrected chi connectivity index (χ3v) is 3.08. The molecule has 0 unspecified atom stereocenters. The Morgan fingerprint density at radius 1 is 1.14 bits per heavy atom. The van der Waals surface area contributed by atoms with Crippen molar-refractivity contribution in [3.8, 4) is 0 Å². The van der Waals surface area contributed by atoms with Crippen LogP contribution in [0.4, 0.5) is 0 Å². The van der Waals surface area contributed by atoms with E-state index in [0.717, 1.165) is 11.1 Å². The molecule has 6 nitrogen and oxygen atoms in total. The molecule has 0 amide bonds. The topological polar surface area (TPSA) is 70.4 Å². The number of aryl methyl sites for hydroxylation is 1. The van der Waals surface area contributed by atoms with Crippen LogP contribution in [0.15, 0.2) is 30.5 Å². The highest BCUT2D eigenvalue weighted by Crippen LogP contribution is 2.14. The van der Waals surface area contributed by atoms with E-state index in [9.17, 15) is 9.59 Å². The lowest BCUT2D eigenvalue weighted by Gasteiger charge is -2.07. The molecule has 110 valence electrons. The van der Waals surface area contributed by atoms with Gasteiger partial charge in [-0.25, -0.2) is 9.59 Å². The van der Waals surface area contributed by atoms with E-state index in [2.05, 4.69) is 9.84 Å². The van der Waals surface area contributed by atoms with Crippen LogP contribution >= 0.6 is 0 Å². The minimum Gasteiger partial charge on any atom is -0.465 e. The number of rotatable bonds is 4. The van der Waals surface area contributed by atoms with Crippen molar-refractivity contribution in [1.82, 2.24) is 9.78 Å². The third-order valence-electron chi connectivity index (χ3n) is 3.08. The first-order chi connectivity index (χ1) is 10.1. The molecule has 2 rings (SSSR count). The van der Waals surface area contributed by atoms with Crippen LogP contribution in [0.25, 0.3) is 0 Å². The van der Waals surface area contributed by atoms with Gasteiger partial charge < -0.3 is 9.47 Å². The van der Waals surface area contributed by atoms with Crippen LogP contribution in [0.1, 0.15) is 32.0 Å². The second kappa shape index (κ2) is 6.21. The second-order valence-corrected chi connectivity index (χ2v) is 4.50. The van der Waals surface area contributed by atoms with Crippen molar-refractivity contribution in [2.45, 2.75) is 13.5 Å². The van der Waals surface area contributed by atoms with Crippen LogP contribution in [0.3, 0.4) is 0 Å². The molecule has 0 N–H and O–H groups in total. The van der Waals surface area contributed by atoms with E-state index in [0.29, 0.717) is 12.1 Å². The van der Waals surface area contributed by atoms with Gasteiger partial charge in [0, 0.05) is 11.8 Å². The number of benzene rings is 1. The van der Waals surface area contributed by atoms with Crippen LogP contribution in [-0.2, 0) is 16.0 Å². The van der Waals surface area contributed by atoms with E-state index in [1.165, 1.54) is 14.2 Å². The Morgan fingerprint density at radius 2 is 1.81 bits per heavy atom. The zero-order valence-corrected chi connectivity index (χ0v) is 12.1. The molecule has 0 fully saturated rings. The van der Waals surface area contributed by atoms with Crippen molar-refractivity contribution in [2.24, 2.45) is 0 Å². The average molecular weight is 288 g/mol. The van der Waals surface area contributed by atoms with Crippen LogP contribution in [0.2, 0.25) is 0 Å². The quantitative estimate of drug-likeness (QED) is 0.802. The number of esters is 2. The number of hydrogen-bond donors (Lipinski definition) is 0. The van der Waals surface area contributed by atoms with E-state index < -0.39 is 11.9 Å². The van der Waals surface area contributed by atoms with Crippen molar-refractivity contribution >= 4 is 11.9 Å². The molecule has 0 saturated carbocycles. The summed E-state index contributed by atoms with van der Waals surface area (Å²) >= 11 is 0. The summed E-state index contributed by atoms with van der Waals surface area (Å²) in [6.07, 6.45) is 1.74. The fourth-order valence-corrected chi connectivity index (χ4v) is 2.04. The normalized spacial score (nSPS) is 10.2. The summed E-state index contributed by atoms with van der Waals surface area (Å²) in [6, 6.07) is 7.11. The summed E-state index contributed by atoms with van der Waals surface area (Å²) in [5, 5.41) is 4.19. The SMILES string of the molecule is COC(=O)c1ccccc1Cn1cc(C)c(C(=O)OC)n1. The summed E-state index contributed by atoms with van der Waals surface area (Å²) in [4.78, 5) is 23.3. The molecule has 0 aliphatic rings. The smallest absolute Gasteiger partial charge is 0.358 e. The predicted octanol–water partition coefficient (Wildman–Crippen LogP) is 1.81. The minimum atomic E-state index is -0.479. The minimum absolute atomic E-state index is 0.271. The molecule has 1 aromatic heterocycles. The molecule has 0 radical (unpaired) electrons. The van der Waals surface area contributed by atoms with Gasteiger partial charge in [-0.15, -0.1) is 0 Å². The standard InChI is InChI=1S/C15H16N2O4/c1-10-8-17(16-13(10)15(19)21-3)9-11-6-4-5-7-12(11)14(18)20-2/h4-8H,9H2,1-3H3. The van der Waals surface area contributed by atoms with Gasteiger partial charge in [-0.1, -0.05) is 18.2 Å². The molecule has 1 heterocycles. The first-order valence-electron chi connectivity index (χ1n) is 6.35. The number of ether oxygens (including phenoxy) is 2. The zero-order chi connectivity index (χ0) is 15.4. The fraction of sp³-hybridized carbons (Fsp3) is 0.267. The monoisotopic (exact) mass is 288 g/mol. The molecule has 1 aromatic carbocycles. The highest BCUT2D eigenvalue weighted by atomic mass is 16.5. The number of hydrogen-bond acceptors (Lipinski definition) is 5. The number of methoxy groups -OCH3 is 2. The van der Waals surface area contributed by atoms with Crippen molar-refractivity contribution in [3.05, 3.63) is 52.8 Å². The Morgan fingerprint density at radius 3 is 2.48 bits per heavy atom. The van der Waals surface area contributed by atoms with Gasteiger partial charge in [0.05, 0.1) is 26.3 Å². The average Bonchev–Trinajstić information content (AvgIpc) is 2.86. The van der Waals surface area contributed by atoms with E-state index in [1.807, 2.05) is 12.1 Å². The zero-order valence-electron chi connectivity index (χ0n) is 12.1. The molecular weight excluding hydrogens is 272 g/mol. The lowest BCUT2D eigenvalue weighted by Crippen LogP contribution is -2.10. The Labute approximate surface area is 122 Å². The van der Waals surface area contributed by atoms with Gasteiger partial charge in [-0.05, 0) is 18.6 Å². The van der Waals surface area contributed by atoms with Crippen LogP contribution in [-0.4, -0.2) is 35.9 Å². The maximum absolute atomic E-state index is 11.7. The summed E-state index contributed by atoms with van der Waals surface area (Å²) in [5.74, 6) is -0.879. The van der Waals surface area contributed by atoms with Crippen molar-refractivity contribution in [2.75, 3.05) is 14.2 Å². The Balaban J connectivity index is 2.31. The molecule has 0 spiro atoms. The van der Waals surface area contributed by atoms with Crippen molar-refractivity contribution in [3.63, 3.8) is 0 Å². The molecule has 0 aliphatic heterocycles. The number of carbonyl (C=O) groups is 2. The fourth-order valence-electron chi connectivity index (χ4n) is 2.04. The van der Waals surface area contributed by atoms with Gasteiger partial charge in [0.1, 0.15) is 0 Å². The molecule has 0 saturated heterocycles. The number of nitrogens with zero attached hydrogens (tertiary/aromatic N) is 2. The van der Waals surface area contributed by atoms with Gasteiger partial charge in [0.25, 0.3) is 0 Å². The molecule has 2 aromatic rings. The lowest BCUT2D eigenvalue weighted by atomic mass is 10.1. The number of carbonyl (C=O) groups excluding carboxylic acids is 2. The molecule has 0 atom stereocenters. The van der Waals surface area contributed by atoms with Crippen LogP contribution in [0.5, 0.6) is 0 Å². The summed E-state index contributed by atoms with van der Waals surface area (Å²) in [6.45, 7) is 2.14. The Kier molecular flexibility index (Phi) is 4.37. The number of aromatic nitrogens is 2. The van der Waals surface area contributed by atoms with Gasteiger partial charge in [-0.3, -0.25) is 4.68 Å². The molecule has 0 aliphatic carbocycles. The van der Waals surface area contributed by atoms with Crippen LogP contribution in [0, 0.1) is 6.92 Å². The Hall–Kier alpha value is -2.63. The summed E-state index contributed by atoms with van der Waals surface area (Å²) < 4.78 is 11.0. The van der Waals surface area contributed by atoms with E-state index in [1.54, 1.807) is 29.9 Å². The van der Waals surface area contributed by atoms with Gasteiger partial charge >= 0.3 is 11.9 Å². The molecular formula is C15H16N2O4. The maximum Gasteiger partial charge on any atom is 0.358 e. The highest BCUT2D eigenvalue weighted by molar-refractivity contribution is 5.91. The predicted molar refractivity (Wildman–Crippen MR) is 75.2 cm³/mol. The van der Waals surface area contributed by atoms with Gasteiger partial charge in [-0.2, -0.15) is 5.10 Å². The summed E-state index contributed by atoms with van der Waals surface area (Å²) in [5.41, 5.74) is 2.24. The van der Waals surface area contributed by atoms with Crippen molar-refractivity contribution in [1.29, 1.82) is 0 Å². The lowest BCUT2D eigenvalue weighted by molar-refractivity contribution is 0.0585. The maximum atomic E-state index is 11.7. The first-order valence-corrected chi connectivity index (χ1v) is 6.35. The van der Waals surface area contributed by atoms with Crippen LogP contribution < -0.4 is 0 Å². The van der Waals surface area contributed by atoms with Crippen molar-refractivity contribution < 1.29 is 19.1 Å². The first kappa shape index (κ1) is 14.8. The van der Waals surface area contributed by atoms with E-state index in [-0.39, 0.29) is 5.69 Å². The Bertz CT molecular complexity index is 676. The van der Waals surface area contributed by atoms with E-state index >= 15 is 0 Å².